The van der Waals surface area contributed by atoms with Crippen LogP contribution in [0.3, 0.4) is 0 Å². The molecule has 0 saturated heterocycles. The summed E-state index contributed by atoms with van der Waals surface area (Å²) in [5.74, 6) is 3.72. The van der Waals surface area contributed by atoms with Crippen molar-refractivity contribution in [3.8, 4) is 0 Å². The van der Waals surface area contributed by atoms with Gasteiger partial charge in [0.15, 0.2) is 0 Å². The second-order valence-electron chi connectivity index (χ2n) is 4.59. The summed E-state index contributed by atoms with van der Waals surface area (Å²) < 4.78 is 0. The predicted molar refractivity (Wildman–Crippen MR) is 73.0 cm³/mol. The predicted octanol–water partition coefficient (Wildman–Crippen LogP) is 1.24. The van der Waals surface area contributed by atoms with Crippen molar-refractivity contribution >= 4 is 11.9 Å². The fourth-order valence-electron chi connectivity index (χ4n) is 2.12. The fourth-order valence-corrected chi connectivity index (χ4v) is 2.12. The van der Waals surface area contributed by atoms with E-state index in [-0.39, 0.29) is 0 Å². The van der Waals surface area contributed by atoms with Crippen molar-refractivity contribution < 1.29 is 9.59 Å². The van der Waals surface area contributed by atoms with Crippen LogP contribution in [-0.4, -0.2) is 11.9 Å². The van der Waals surface area contributed by atoms with E-state index in [0.717, 1.165) is 11.1 Å². The minimum absolute atomic E-state index is 0.467. The van der Waals surface area contributed by atoms with Crippen molar-refractivity contribution in [3.05, 3.63) is 58.0 Å². The molecule has 4 nitrogen and oxygen atoms in total. The Kier molecular flexibility index (Phi) is 3.67. The molecule has 2 aliphatic rings. The van der Waals surface area contributed by atoms with Crippen molar-refractivity contribution in [2.24, 2.45) is 11.5 Å². The maximum absolute atomic E-state index is 10.7. The molecule has 0 saturated carbocycles. The lowest BCUT2D eigenvalue weighted by Gasteiger charge is -2.17. The van der Waals surface area contributed by atoms with Gasteiger partial charge in [0.2, 0.25) is 0 Å². The van der Waals surface area contributed by atoms with Crippen LogP contribution in [0.1, 0.15) is 19.3 Å². The summed E-state index contributed by atoms with van der Waals surface area (Å²) in [6.07, 6.45) is 8.92. The van der Waals surface area contributed by atoms with Crippen LogP contribution in [0.25, 0.3) is 0 Å². The number of allylic oxidation sites excluding steroid dienone is 8. The summed E-state index contributed by atoms with van der Waals surface area (Å²) in [4.78, 5) is 21.5. The molecule has 0 spiro atoms. The van der Waals surface area contributed by atoms with E-state index >= 15 is 0 Å². The van der Waals surface area contributed by atoms with Crippen LogP contribution in [-0.2, 0) is 9.59 Å². The number of rotatable bonds is 2. The van der Waals surface area contributed by atoms with Gasteiger partial charge in [-0.2, -0.15) is 0 Å². The molecule has 0 heterocycles. The lowest BCUT2D eigenvalue weighted by Crippen LogP contribution is -2.09. The van der Waals surface area contributed by atoms with Crippen molar-refractivity contribution in [3.63, 3.8) is 0 Å². The highest BCUT2D eigenvalue weighted by Gasteiger charge is 2.15. The Labute approximate surface area is 111 Å². The Morgan fingerprint density at radius 1 is 0.842 bits per heavy atom. The molecule has 4 heteroatoms. The molecule has 2 aliphatic carbocycles. The molecule has 0 radical (unpaired) electrons. The van der Waals surface area contributed by atoms with Gasteiger partial charge in [-0.15, -0.1) is 0 Å². The zero-order valence-electron chi connectivity index (χ0n) is 10.4. The van der Waals surface area contributed by atoms with Crippen molar-refractivity contribution in [1.29, 1.82) is 0 Å². The molecule has 19 heavy (non-hydrogen) atoms. The van der Waals surface area contributed by atoms with Gasteiger partial charge in [-0.05, 0) is 18.6 Å². The molecule has 2 rings (SSSR count). The maximum Gasteiger partial charge on any atom is 0.130 e. The van der Waals surface area contributed by atoms with E-state index in [1.807, 2.05) is 24.0 Å². The van der Waals surface area contributed by atoms with Gasteiger partial charge in [-0.1, -0.05) is 23.3 Å². The molecule has 0 aromatic heterocycles. The zero-order chi connectivity index (χ0) is 13.8. The average molecular weight is 254 g/mol. The van der Waals surface area contributed by atoms with Gasteiger partial charge >= 0.3 is 0 Å². The van der Waals surface area contributed by atoms with Gasteiger partial charge in [0.25, 0.3) is 0 Å². The SMILES string of the molecule is NC1=CC=C(CC2=CC=C(N)C(=C=O)C2)CC1=C=O. The van der Waals surface area contributed by atoms with Crippen LogP contribution in [0.4, 0.5) is 0 Å². The molecule has 0 bridgehead atoms. The Hall–Kier alpha value is -2.54. The summed E-state index contributed by atoms with van der Waals surface area (Å²) in [6, 6.07) is 0. The summed E-state index contributed by atoms with van der Waals surface area (Å²) in [5.41, 5.74) is 15.4. The minimum Gasteiger partial charge on any atom is -0.398 e. The maximum atomic E-state index is 10.7. The number of nitrogens with two attached hydrogens (primary N) is 2. The molecular formula is C15H14N2O2. The second-order valence-corrected chi connectivity index (χ2v) is 4.59. The zero-order valence-corrected chi connectivity index (χ0v) is 10.4. The Morgan fingerprint density at radius 3 is 1.63 bits per heavy atom. The molecule has 0 atom stereocenters. The molecule has 96 valence electrons. The summed E-state index contributed by atoms with van der Waals surface area (Å²) in [5, 5.41) is 0. The first-order valence-electron chi connectivity index (χ1n) is 5.93. The third-order valence-electron chi connectivity index (χ3n) is 3.20. The largest absolute Gasteiger partial charge is 0.398 e. The Bertz CT molecular complexity index is 579. The normalized spacial score (nSPS) is 18.7. The minimum atomic E-state index is 0.467. The van der Waals surface area contributed by atoms with Crippen LogP contribution in [0, 0.1) is 0 Å². The molecule has 0 aromatic carbocycles. The highest BCUT2D eigenvalue weighted by atomic mass is 16.1. The van der Waals surface area contributed by atoms with Crippen LogP contribution < -0.4 is 11.5 Å². The smallest absolute Gasteiger partial charge is 0.130 e. The van der Waals surface area contributed by atoms with E-state index in [2.05, 4.69) is 0 Å². The molecule has 0 aliphatic heterocycles. The van der Waals surface area contributed by atoms with Gasteiger partial charge in [0, 0.05) is 24.2 Å². The van der Waals surface area contributed by atoms with E-state index in [9.17, 15) is 9.59 Å². The molecule has 0 aromatic rings. The monoisotopic (exact) mass is 254 g/mol. The first-order valence-corrected chi connectivity index (χ1v) is 5.93. The second kappa shape index (κ2) is 5.40. The molecular weight excluding hydrogens is 240 g/mol. The average Bonchev–Trinajstić information content (AvgIpc) is 2.43. The van der Waals surface area contributed by atoms with Crippen LogP contribution in [0.2, 0.25) is 0 Å². The summed E-state index contributed by atoms with van der Waals surface area (Å²) in [7, 11) is 0. The van der Waals surface area contributed by atoms with E-state index in [4.69, 9.17) is 11.5 Å². The van der Waals surface area contributed by atoms with Crippen molar-refractivity contribution in [2.75, 3.05) is 0 Å². The third-order valence-corrected chi connectivity index (χ3v) is 3.20. The quantitative estimate of drug-likeness (QED) is 0.726. The van der Waals surface area contributed by atoms with E-state index < -0.39 is 0 Å². The lowest BCUT2D eigenvalue weighted by atomic mass is 9.89. The standard InChI is InChI=1S/C15H14N2O2/c16-14-3-1-10(6-12(14)8-18)5-11-2-4-15(17)13(7-11)9-19/h1-4H,5-7,16-17H2. The first kappa shape index (κ1) is 12.9. The number of hydrogen-bond donors (Lipinski definition) is 2. The summed E-state index contributed by atoms with van der Waals surface area (Å²) >= 11 is 0. The first-order chi connectivity index (χ1) is 9.13. The van der Waals surface area contributed by atoms with Crippen LogP contribution in [0.15, 0.2) is 58.0 Å². The van der Waals surface area contributed by atoms with E-state index in [1.165, 1.54) is 0 Å². The van der Waals surface area contributed by atoms with Gasteiger partial charge in [0.1, 0.15) is 11.9 Å². The number of hydrogen-bond acceptors (Lipinski definition) is 4. The van der Waals surface area contributed by atoms with E-state index in [0.29, 0.717) is 41.8 Å². The molecule has 0 unspecified atom stereocenters. The highest BCUT2D eigenvalue weighted by molar-refractivity contribution is 5.65. The number of carbonyl (C=O) groups excluding carboxylic acids is 2. The van der Waals surface area contributed by atoms with Crippen molar-refractivity contribution in [1.82, 2.24) is 0 Å². The molecule has 0 fully saturated rings. The van der Waals surface area contributed by atoms with E-state index in [1.54, 1.807) is 12.2 Å². The van der Waals surface area contributed by atoms with Gasteiger partial charge in [-0.3, -0.25) is 0 Å². The lowest BCUT2D eigenvalue weighted by molar-refractivity contribution is 0.566. The fraction of sp³-hybridized carbons (Fsp3) is 0.200. The third kappa shape index (κ3) is 2.83. The van der Waals surface area contributed by atoms with Gasteiger partial charge < -0.3 is 11.5 Å². The van der Waals surface area contributed by atoms with Crippen LogP contribution in [0.5, 0.6) is 0 Å². The topological polar surface area (TPSA) is 86.2 Å². The van der Waals surface area contributed by atoms with Gasteiger partial charge in [0.05, 0.1) is 11.1 Å². The molecule has 0 amide bonds. The van der Waals surface area contributed by atoms with Crippen molar-refractivity contribution in [2.45, 2.75) is 19.3 Å². The molecule has 4 N–H and O–H groups in total. The van der Waals surface area contributed by atoms with Gasteiger partial charge in [-0.25, -0.2) is 9.59 Å². The Morgan fingerprint density at radius 2 is 1.26 bits per heavy atom. The highest BCUT2D eigenvalue weighted by Crippen LogP contribution is 2.29. The Balaban J connectivity index is 2.16. The summed E-state index contributed by atoms with van der Waals surface area (Å²) in [6.45, 7) is 0. The van der Waals surface area contributed by atoms with Crippen LogP contribution >= 0.6 is 0 Å².